The molecule has 7 heteroatoms. The number of aliphatic imine (C=N–C) groups is 1. The number of benzene rings is 1. The Morgan fingerprint density at radius 1 is 1.50 bits per heavy atom. The summed E-state index contributed by atoms with van der Waals surface area (Å²) in [5.41, 5.74) is 6.99. The summed E-state index contributed by atoms with van der Waals surface area (Å²) in [6.07, 6.45) is 0.297. The number of nitrogens with zero attached hydrogens (tertiary/aromatic N) is 3. The van der Waals surface area contributed by atoms with Crippen molar-refractivity contribution in [3.05, 3.63) is 28.4 Å². The van der Waals surface area contributed by atoms with E-state index in [-0.39, 0.29) is 11.9 Å². The molecule has 0 saturated carbocycles. The van der Waals surface area contributed by atoms with Crippen molar-refractivity contribution in [2.45, 2.75) is 18.9 Å². The number of aromatic amines is 1. The Kier molecular flexibility index (Phi) is 2.82. The lowest BCUT2D eigenvalue weighted by molar-refractivity contribution is -0.128. The second kappa shape index (κ2) is 4.31. The lowest BCUT2D eigenvalue weighted by Crippen LogP contribution is -2.47. The maximum atomic E-state index is 12.0. The number of nitrogens with one attached hydrogen (secondary N) is 1. The number of H-pyrrole nitrogens is 1. The van der Waals surface area contributed by atoms with Crippen LogP contribution in [0.2, 0.25) is 0 Å². The number of carbonyl (C=O) groups is 1. The first-order valence-electron chi connectivity index (χ1n) is 6.17. The first kappa shape index (κ1) is 13.1. The van der Waals surface area contributed by atoms with Gasteiger partial charge in [-0.15, -0.1) is 0 Å². The van der Waals surface area contributed by atoms with Gasteiger partial charge in [-0.05, 0) is 40.5 Å². The topological polar surface area (TPSA) is 87.4 Å². The van der Waals surface area contributed by atoms with E-state index in [0.717, 1.165) is 21.1 Å². The lowest BCUT2D eigenvalue weighted by atomic mass is 9.87. The Bertz CT molecular complexity index is 737. The number of hydrogen-bond acceptors (Lipinski definition) is 4. The van der Waals surface area contributed by atoms with Gasteiger partial charge < -0.3 is 5.73 Å². The van der Waals surface area contributed by atoms with Crippen LogP contribution in [0, 0.1) is 0 Å². The van der Waals surface area contributed by atoms with Crippen molar-refractivity contribution in [2.24, 2.45) is 10.7 Å². The highest BCUT2D eigenvalue weighted by Gasteiger charge is 2.36. The quantitative estimate of drug-likeness (QED) is 0.831. The highest BCUT2D eigenvalue weighted by atomic mass is 79.9. The minimum Gasteiger partial charge on any atom is -0.369 e. The summed E-state index contributed by atoms with van der Waals surface area (Å²) in [6, 6.07) is 5.83. The van der Waals surface area contributed by atoms with Crippen LogP contribution < -0.4 is 5.73 Å². The molecule has 0 radical (unpaired) electrons. The van der Waals surface area contributed by atoms with E-state index in [2.05, 4.69) is 31.1 Å². The fourth-order valence-corrected chi connectivity index (χ4v) is 2.79. The monoisotopic (exact) mass is 335 g/mol. The normalized spacial score (nSPS) is 23.2. The summed E-state index contributed by atoms with van der Waals surface area (Å²) >= 11 is 3.42. The van der Waals surface area contributed by atoms with E-state index in [9.17, 15) is 4.79 Å². The summed E-state index contributed by atoms with van der Waals surface area (Å²) in [5.74, 6) is 0.210. The number of guanidine groups is 1. The largest absolute Gasteiger partial charge is 0.369 e. The van der Waals surface area contributed by atoms with Crippen LogP contribution in [0.3, 0.4) is 0 Å². The van der Waals surface area contributed by atoms with E-state index >= 15 is 0 Å². The van der Waals surface area contributed by atoms with E-state index in [0.29, 0.717) is 6.42 Å². The van der Waals surface area contributed by atoms with E-state index in [1.54, 1.807) is 7.05 Å². The minimum absolute atomic E-state index is 0.0358. The number of nitrogens with two attached hydrogens (primary N) is 1. The third-order valence-electron chi connectivity index (χ3n) is 3.70. The predicted molar refractivity (Wildman–Crippen MR) is 80.2 cm³/mol. The van der Waals surface area contributed by atoms with Crippen LogP contribution in [0.4, 0.5) is 0 Å². The maximum Gasteiger partial charge on any atom is 0.231 e. The molecular weight excluding hydrogens is 322 g/mol. The van der Waals surface area contributed by atoms with Gasteiger partial charge in [-0.3, -0.25) is 14.8 Å². The van der Waals surface area contributed by atoms with Crippen LogP contribution in [0.1, 0.15) is 18.9 Å². The zero-order valence-corrected chi connectivity index (χ0v) is 12.7. The van der Waals surface area contributed by atoms with Crippen molar-refractivity contribution in [3.8, 4) is 0 Å². The standard InChI is InChI=1S/C13H14BrN5O/c1-13(6-10(20)19(2)12(15)16-13)7-3-4-9-8(5-7)11(14)18-17-9/h3-5H,6H2,1-2H3,(H2,15,16)(H,17,18)/t13-/m0/s1. The molecule has 0 unspecified atom stereocenters. The SMILES string of the molecule is CN1C(=O)C[C@@](C)(c2ccc3n[nH]c(Br)c3c2)N=C1N. The Morgan fingerprint density at radius 2 is 2.25 bits per heavy atom. The first-order valence-corrected chi connectivity index (χ1v) is 6.96. The maximum absolute atomic E-state index is 12.0. The van der Waals surface area contributed by atoms with Gasteiger partial charge in [-0.2, -0.15) is 5.10 Å². The number of amides is 1. The Hall–Kier alpha value is -1.89. The molecule has 0 aliphatic carbocycles. The molecule has 6 nitrogen and oxygen atoms in total. The number of aromatic nitrogens is 2. The van der Waals surface area contributed by atoms with Crippen molar-refractivity contribution in [2.75, 3.05) is 7.05 Å². The molecule has 0 fully saturated rings. The second-order valence-corrected chi connectivity index (χ2v) is 5.94. The molecule has 104 valence electrons. The zero-order chi connectivity index (χ0) is 14.5. The predicted octanol–water partition coefficient (Wildman–Crippen LogP) is 1.72. The molecule has 2 aromatic rings. The molecule has 20 heavy (non-hydrogen) atoms. The van der Waals surface area contributed by atoms with Crippen LogP contribution in [0.5, 0.6) is 0 Å². The third kappa shape index (κ3) is 1.89. The van der Waals surface area contributed by atoms with Crippen LogP contribution in [0.15, 0.2) is 27.8 Å². The fraction of sp³-hybridized carbons (Fsp3) is 0.308. The zero-order valence-electron chi connectivity index (χ0n) is 11.1. The minimum atomic E-state index is -0.640. The van der Waals surface area contributed by atoms with E-state index in [1.165, 1.54) is 4.90 Å². The van der Waals surface area contributed by atoms with Gasteiger partial charge in [0.25, 0.3) is 0 Å². The number of fused-ring (bicyclic) bond motifs is 1. The smallest absolute Gasteiger partial charge is 0.231 e. The van der Waals surface area contributed by atoms with Crippen molar-refractivity contribution >= 4 is 38.7 Å². The molecule has 1 aliphatic rings. The molecule has 3 rings (SSSR count). The van der Waals surface area contributed by atoms with Gasteiger partial charge in [0.2, 0.25) is 5.91 Å². The van der Waals surface area contributed by atoms with Crippen LogP contribution >= 0.6 is 15.9 Å². The van der Waals surface area contributed by atoms with Gasteiger partial charge in [0.05, 0.1) is 17.5 Å². The molecule has 0 saturated heterocycles. The molecule has 1 amide bonds. The molecule has 1 aromatic heterocycles. The number of halogens is 1. The van der Waals surface area contributed by atoms with Crippen LogP contribution in [-0.2, 0) is 10.3 Å². The van der Waals surface area contributed by atoms with Gasteiger partial charge >= 0.3 is 0 Å². The number of rotatable bonds is 1. The average molecular weight is 336 g/mol. The fourth-order valence-electron chi connectivity index (χ4n) is 2.39. The highest BCUT2D eigenvalue weighted by molar-refractivity contribution is 9.10. The van der Waals surface area contributed by atoms with Gasteiger partial charge in [-0.25, -0.2) is 4.99 Å². The molecule has 2 heterocycles. The Labute approximate surface area is 124 Å². The molecule has 1 aromatic carbocycles. The molecular formula is C13H14BrN5O. The first-order chi connectivity index (χ1) is 9.40. The van der Waals surface area contributed by atoms with E-state index < -0.39 is 5.54 Å². The number of carbonyl (C=O) groups excluding carboxylic acids is 1. The van der Waals surface area contributed by atoms with Gasteiger partial charge in [0.15, 0.2) is 5.96 Å². The third-order valence-corrected chi connectivity index (χ3v) is 4.31. The summed E-state index contributed by atoms with van der Waals surface area (Å²) in [7, 11) is 1.64. The van der Waals surface area contributed by atoms with Crippen LogP contribution in [0.25, 0.3) is 10.9 Å². The van der Waals surface area contributed by atoms with E-state index in [4.69, 9.17) is 5.73 Å². The lowest BCUT2D eigenvalue weighted by Gasteiger charge is -2.33. The van der Waals surface area contributed by atoms with Crippen molar-refractivity contribution < 1.29 is 4.79 Å². The summed E-state index contributed by atoms with van der Waals surface area (Å²) in [4.78, 5) is 17.9. The second-order valence-electron chi connectivity index (χ2n) is 5.14. The Morgan fingerprint density at radius 3 is 2.95 bits per heavy atom. The van der Waals surface area contributed by atoms with Crippen LogP contribution in [-0.4, -0.2) is 34.0 Å². The van der Waals surface area contributed by atoms with Crippen molar-refractivity contribution in [1.29, 1.82) is 0 Å². The average Bonchev–Trinajstić information content (AvgIpc) is 2.77. The molecule has 1 aliphatic heterocycles. The molecule has 0 spiro atoms. The summed E-state index contributed by atoms with van der Waals surface area (Å²) < 4.78 is 0.814. The van der Waals surface area contributed by atoms with Gasteiger partial charge in [-0.1, -0.05) is 6.07 Å². The number of hydrogen-bond donors (Lipinski definition) is 2. The Balaban J connectivity index is 2.14. The van der Waals surface area contributed by atoms with Crippen molar-refractivity contribution in [1.82, 2.24) is 15.1 Å². The summed E-state index contributed by atoms with van der Waals surface area (Å²) in [5, 5.41) is 8.00. The van der Waals surface area contributed by atoms with Crippen molar-refractivity contribution in [3.63, 3.8) is 0 Å². The van der Waals surface area contributed by atoms with Gasteiger partial charge in [0, 0.05) is 12.4 Å². The molecule has 0 bridgehead atoms. The summed E-state index contributed by atoms with van der Waals surface area (Å²) in [6.45, 7) is 1.92. The molecule has 1 atom stereocenters. The van der Waals surface area contributed by atoms with E-state index in [1.807, 2.05) is 25.1 Å². The highest BCUT2D eigenvalue weighted by Crippen LogP contribution is 2.35. The molecule has 3 N–H and O–H groups in total. The van der Waals surface area contributed by atoms with Gasteiger partial charge in [0.1, 0.15) is 4.60 Å².